The van der Waals surface area contributed by atoms with Gasteiger partial charge < -0.3 is 10.1 Å². The van der Waals surface area contributed by atoms with Crippen molar-refractivity contribution < 1.29 is 14.3 Å². The minimum atomic E-state index is -0.382. The number of nitrogens with zero attached hydrogens (tertiary/aromatic N) is 1. The van der Waals surface area contributed by atoms with Gasteiger partial charge in [0.05, 0.1) is 13.1 Å². The van der Waals surface area contributed by atoms with Crippen molar-refractivity contribution >= 4 is 17.7 Å². The molecule has 1 atom stereocenters. The summed E-state index contributed by atoms with van der Waals surface area (Å²) in [6.45, 7) is 2.21. The molecule has 5 nitrogen and oxygen atoms in total. The Balaban J connectivity index is 1.70. The number of hydrogen-bond donors (Lipinski definition) is 1. The maximum Gasteiger partial charge on any atom is 0.414 e. The van der Waals surface area contributed by atoms with E-state index in [-0.39, 0.29) is 18.1 Å². The van der Waals surface area contributed by atoms with Crippen LogP contribution in [0.4, 0.5) is 10.5 Å². The Bertz CT molecular complexity index is 698. The molecule has 118 valence electrons. The Morgan fingerprint density at radius 1 is 1.13 bits per heavy atom. The van der Waals surface area contributed by atoms with Gasteiger partial charge in [-0.3, -0.25) is 9.69 Å². The van der Waals surface area contributed by atoms with Crippen LogP contribution in [0.2, 0.25) is 0 Å². The smallest absolute Gasteiger partial charge is 0.414 e. The van der Waals surface area contributed by atoms with Crippen LogP contribution in [0.15, 0.2) is 54.6 Å². The highest BCUT2D eigenvalue weighted by molar-refractivity contribution is 5.90. The molecular weight excluding hydrogens is 292 g/mol. The fourth-order valence-corrected chi connectivity index (χ4v) is 2.56. The molecule has 0 aromatic heterocycles. The van der Waals surface area contributed by atoms with Gasteiger partial charge in [-0.25, -0.2) is 4.79 Å². The molecule has 1 N–H and O–H groups in total. The molecule has 1 aliphatic rings. The van der Waals surface area contributed by atoms with Gasteiger partial charge in [0.15, 0.2) is 0 Å². The van der Waals surface area contributed by atoms with Gasteiger partial charge in [0.2, 0.25) is 5.91 Å². The number of nitrogens with one attached hydrogen (secondary N) is 1. The highest BCUT2D eigenvalue weighted by Crippen LogP contribution is 2.25. The summed E-state index contributed by atoms with van der Waals surface area (Å²) in [5.41, 5.74) is 3.02. The van der Waals surface area contributed by atoms with Gasteiger partial charge in [-0.15, -0.1) is 0 Å². The van der Waals surface area contributed by atoms with E-state index in [0.29, 0.717) is 13.1 Å². The molecule has 2 aromatic rings. The minimum Gasteiger partial charge on any atom is -0.442 e. The molecular formula is C18H18N2O3. The van der Waals surface area contributed by atoms with E-state index in [1.165, 1.54) is 6.92 Å². The first kappa shape index (κ1) is 15.1. The highest BCUT2D eigenvalue weighted by Gasteiger charge is 2.32. The molecule has 1 aliphatic heterocycles. The van der Waals surface area contributed by atoms with Crippen LogP contribution in [0.25, 0.3) is 11.1 Å². The van der Waals surface area contributed by atoms with Crippen molar-refractivity contribution in [3.8, 4) is 11.1 Å². The van der Waals surface area contributed by atoms with Crippen LogP contribution in [-0.4, -0.2) is 31.2 Å². The number of carbonyl (C=O) groups excluding carboxylic acids is 2. The topological polar surface area (TPSA) is 58.6 Å². The van der Waals surface area contributed by atoms with E-state index in [2.05, 4.69) is 5.32 Å². The second-order valence-electron chi connectivity index (χ2n) is 5.47. The normalized spacial score (nSPS) is 17.0. The van der Waals surface area contributed by atoms with Crippen LogP contribution in [0, 0.1) is 0 Å². The number of rotatable bonds is 4. The fourth-order valence-electron chi connectivity index (χ4n) is 2.56. The van der Waals surface area contributed by atoms with Crippen molar-refractivity contribution in [2.45, 2.75) is 13.0 Å². The monoisotopic (exact) mass is 310 g/mol. The number of amides is 2. The number of hydrogen-bond acceptors (Lipinski definition) is 3. The first-order valence-electron chi connectivity index (χ1n) is 7.51. The molecule has 5 heteroatoms. The molecule has 23 heavy (non-hydrogen) atoms. The molecule has 0 aliphatic carbocycles. The van der Waals surface area contributed by atoms with Crippen molar-refractivity contribution in [3.63, 3.8) is 0 Å². The third-order valence-electron chi connectivity index (χ3n) is 3.74. The van der Waals surface area contributed by atoms with Gasteiger partial charge in [-0.1, -0.05) is 42.5 Å². The Hall–Kier alpha value is -2.82. The van der Waals surface area contributed by atoms with Crippen molar-refractivity contribution in [2.75, 3.05) is 18.0 Å². The van der Waals surface area contributed by atoms with Gasteiger partial charge in [0, 0.05) is 12.6 Å². The van der Waals surface area contributed by atoms with Crippen molar-refractivity contribution in [3.05, 3.63) is 54.6 Å². The van der Waals surface area contributed by atoms with Gasteiger partial charge in [0.25, 0.3) is 0 Å². The van der Waals surface area contributed by atoms with Crippen LogP contribution in [0.1, 0.15) is 6.92 Å². The van der Waals surface area contributed by atoms with E-state index in [1.807, 2.05) is 54.6 Å². The van der Waals surface area contributed by atoms with E-state index < -0.39 is 0 Å². The lowest BCUT2D eigenvalue weighted by molar-refractivity contribution is -0.119. The third-order valence-corrected chi connectivity index (χ3v) is 3.74. The standard InChI is InChI=1S/C18H18N2O3/c1-13(21)19-11-17-12-20(18(22)23-17)16-9-7-15(8-10-16)14-5-3-2-4-6-14/h2-10,17H,11-12H2,1H3,(H,19,21). The summed E-state index contributed by atoms with van der Waals surface area (Å²) in [7, 11) is 0. The molecule has 1 fully saturated rings. The fraction of sp³-hybridized carbons (Fsp3) is 0.222. The van der Waals surface area contributed by atoms with Crippen LogP contribution in [-0.2, 0) is 9.53 Å². The quantitative estimate of drug-likeness (QED) is 0.944. The lowest BCUT2D eigenvalue weighted by atomic mass is 10.1. The highest BCUT2D eigenvalue weighted by atomic mass is 16.6. The van der Waals surface area contributed by atoms with Crippen molar-refractivity contribution in [2.24, 2.45) is 0 Å². The molecule has 1 unspecified atom stereocenters. The number of carbonyl (C=O) groups is 2. The Morgan fingerprint density at radius 3 is 2.43 bits per heavy atom. The first-order valence-corrected chi connectivity index (χ1v) is 7.51. The predicted molar refractivity (Wildman–Crippen MR) is 88.2 cm³/mol. The summed E-state index contributed by atoms with van der Waals surface area (Å²) in [4.78, 5) is 24.5. The largest absolute Gasteiger partial charge is 0.442 e. The summed E-state index contributed by atoms with van der Waals surface area (Å²) in [6, 6.07) is 17.8. The number of cyclic esters (lactones) is 1. The minimum absolute atomic E-state index is 0.133. The first-order chi connectivity index (χ1) is 11.1. The SMILES string of the molecule is CC(=O)NCC1CN(c2ccc(-c3ccccc3)cc2)C(=O)O1. The van der Waals surface area contributed by atoms with Crippen LogP contribution in [0.5, 0.6) is 0 Å². The van der Waals surface area contributed by atoms with Gasteiger partial charge in [-0.05, 0) is 23.3 Å². The van der Waals surface area contributed by atoms with E-state index in [4.69, 9.17) is 4.74 Å². The van der Waals surface area contributed by atoms with Gasteiger partial charge >= 0.3 is 6.09 Å². The Morgan fingerprint density at radius 2 is 1.78 bits per heavy atom. The maximum absolute atomic E-state index is 12.0. The number of ether oxygens (including phenoxy) is 1. The molecule has 3 rings (SSSR count). The van der Waals surface area contributed by atoms with Crippen molar-refractivity contribution in [1.29, 1.82) is 0 Å². The summed E-state index contributed by atoms with van der Waals surface area (Å²) in [5, 5.41) is 2.67. The van der Waals surface area contributed by atoms with E-state index in [0.717, 1.165) is 16.8 Å². The van der Waals surface area contributed by atoms with Gasteiger partial charge in [-0.2, -0.15) is 0 Å². The zero-order valence-corrected chi connectivity index (χ0v) is 12.9. The molecule has 0 radical (unpaired) electrons. The Labute approximate surface area is 134 Å². The number of benzene rings is 2. The lowest BCUT2D eigenvalue weighted by Crippen LogP contribution is -2.33. The summed E-state index contributed by atoms with van der Waals surface area (Å²) in [5.74, 6) is -0.133. The third kappa shape index (κ3) is 3.51. The molecule has 0 spiro atoms. The van der Waals surface area contributed by atoms with Crippen LogP contribution >= 0.6 is 0 Å². The number of anilines is 1. The summed E-state index contributed by atoms with van der Waals surface area (Å²) >= 11 is 0. The molecule has 1 saturated heterocycles. The zero-order valence-electron chi connectivity index (χ0n) is 12.9. The van der Waals surface area contributed by atoms with Gasteiger partial charge in [0.1, 0.15) is 6.10 Å². The predicted octanol–water partition coefficient (Wildman–Crippen LogP) is 2.81. The summed E-state index contributed by atoms with van der Waals surface area (Å²) < 4.78 is 5.27. The second kappa shape index (κ2) is 6.52. The molecule has 0 bridgehead atoms. The molecule has 1 heterocycles. The van der Waals surface area contributed by atoms with E-state index in [1.54, 1.807) is 4.90 Å². The average Bonchev–Trinajstić information content (AvgIpc) is 2.95. The van der Waals surface area contributed by atoms with Crippen LogP contribution < -0.4 is 10.2 Å². The van der Waals surface area contributed by atoms with E-state index >= 15 is 0 Å². The molecule has 2 aromatic carbocycles. The zero-order chi connectivity index (χ0) is 16.2. The molecule has 0 saturated carbocycles. The van der Waals surface area contributed by atoms with Crippen LogP contribution in [0.3, 0.4) is 0 Å². The average molecular weight is 310 g/mol. The molecule has 2 amide bonds. The van der Waals surface area contributed by atoms with Crippen molar-refractivity contribution in [1.82, 2.24) is 5.32 Å². The van der Waals surface area contributed by atoms with E-state index in [9.17, 15) is 9.59 Å². The summed E-state index contributed by atoms with van der Waals surface area (Å²) in [6.07, 6.45) is -0.701. The lowest BCUT2D eigenvalue weighted by Gasteiger charge is -2.13. The maximum atomic E-state index is 12.0. The Kier molecular flexibility index (Phi) is 4.28. The second-order valence-corrected chi connectivity index (χ2v) is 5.47.